The van der Waals surface area contributed by atoms with Crippen LogP contribution in [0.3, 0.4) is 0 Å². The molecule has 2 aromatic carbocycles. The molecule has 0 radical (unpaired) electrons. The summed E-state index contributed by atoms with van der Waals surface area (Å²) in [4.78, 5) is 13.9. The van der Waals surface area contributed by atoms with Crippen LogP contribution in [0, 0.1) is 6.92 Å². The molecular weight excluding hydrogens is 429 g/mol. The van der Waals surface area contributed by atoms with Crippen LogP contribution in [0.25, 0.3) is 11.1 Å². The quantitative estimate of drug-likeness (QED) is 0.425. The Labute approximate surface area is 193 Å². The van der Waals surface area contributed by atoms with Crippen LogP contribution < -0.4 is 15.0 Å². The topological polar surface area (TPSA) is 41.6 Å². The van der Waals surface area contributed by atoms with E-state index in [0.717, 1.165) is 46.3 Å². The number of alkyl halides is 3. The largest absolute Gasteiger partial charge is 0.573 e. The van der Waals surface area contributed by atoms with Crippen LogP contribution in [-0.2, 0) is 17.8 Å². The van der Waals surface area contributed by atoms with Crippen LogP contribution >= 0.6 is 0 Å². The number of carbonyl (C=O) groups excluding carboxylic acids is 1. The van der Waals surface area contributed by atoms with Crippen LogP contribution in [0.4, 0.5) is 18.9 Å². The van der Waals surface area contributed by atoms with Crippen molar-refractivity contribution < 1.29 is 22.7 Å². The van der Waals surface area contributed by atoms with E-state index in [1.807, 2.05) is 20.0 Å². The molecule has 0 unspecified atom stereocenters. The smallest absolute Gasteiger partial charge is 0.406 e. The van der Waals surface area contributed by atoms with Crippen LogP contribution in [0.5, 0.6) is 5.75 Å². The van der Waals surface area contributed by atoms with Crippen molar-refractivity contribution in [2.24, 2.45) is 0 Å². The van der Waals surface area contributed by atoms with Gasteiger partial charge in [0.2, 0.25) is 5.91 Å². The van der Waals surface area contributed by atoms with Gasteiger partial charge in [-0.1, -0.05) is 38.1 Å². The normalized spacial score (nSPS) is 11.8. The molecule has 0 atom stereocenters. The van der Waals surface area contributed by atoms with Gasteiger partial charge in [0.25, 0.3) is 0 Å². The van der Waals surface area contributed by atoms with Crippen molar-refractivity contribution in [2.45, 2.75) is 53.4 Å². The molecule has 33 heavy (non-hydrogen) atoms. The summed E-state index contributed by atoms with van der Waals surface area (Å²) in [6.45, 7) is 12.0. The number of nitrogens with zero attached hydrogens (tertiary/aromatic N) is 1. The second-order valence-corrected chi connectivity index (χ2v) is 7.82. The van der Waals surface area contributed by atoms with Gasteiger partial charge < -0.3 is 15.0 Å². The maximum absolute atomic E-state index is 12.5. The summed E-state index contributed by atoms with van der Waals surface area (Å²) in [6, 6.07) is 7.82. The lowest BCUT2D eigenvalue weighted by molar-refractivity contribution is -0.274. The number of anilines is 1. The van der Waals surface area contributed by atoms with Gasteiger partial charge in [-0.3, -0.25) is 4.79 Å². The summed E-state index contributed by atoms with van der Waals surface area (Å²) in [5.74, 6) is -0.546. The first-order valence-corrected chi connectivity index (χ1v) is 10.8. The number of rotatable bonds is 9. The third kappa shape index (κ3) is 6.88. The minimum atomic E-state index is -4.74. The number of hydrogen-bond acceptors (Lipinski definition) is 3. The number of ether oxygens (including phenoxy) is 1. The van der Waals surface area contributed by atoms with Crippen LogP contribution in [0.2, 0.25) is 0 Å². The zero-order chi connectivity index (χ0) is 24.8. The van der Waals surface area contributed by atoms with Crippen molar-refractivity contribution in [1.29, 1.82) is 0 Å². The maximum Gasteiger partial charge on any atom is 0.573 e. The van der Waals surface area contributed by atoms with Crippen molar-refractivity contribution in [1.82, 2.24) is 5.32 Å². The monoisotopic (exact) mass is 460 g/mol. The first-order chi connectivity index (χ1) is 15.5. The first-order valence-electron chi connectivity index (χ1n) is 10.8. The molecule has 0 saturated heterocycles. The van der Waals surface area contributed by atoms with Gasteiger partial charge in [0, 0.05) is 25.5 Å². The van der Waals surface area contributed by atoms with Gasteiger partial charge in [-0.15, -0.1) is 13.2 Å². The first kappa shape index (κ1) is 26.0. The molecule has 178 valence electrons. The lowest BCUT2D eigenvalue weighted by Crippen LogP contribution is -2.22. The molecule has 0 saturated carbocycles. The summed E-state index contributed by atoms with van der Waals surface area (Å²) in [6.07, 6.45) is 0.221. The highest BCUT2D eigenvalue weighted by Crippen LogP contribution is 2.38. The minimum Gasteiger partial charge on any atom is -0.406 e. The highest BCUT2D eigenvalue weighted by Gasteiger charge is 2.31. The van der Waals surface area contributed by atoms with E-state index in [1.165, 1.54) is 23.8 Å². The Morgan fingerprint density at radius 2 is 1.85 bits per heavy atom. The van der Waals surface area contributed by atoms with Crippen molar-refractivity contribution in [3.05, 3.63) is 71.5 Å². The molecule has 0 aromatic heterocycles. The Morgan fingerprint density at radius 3 is 2.36 bits per heavy atom. The molecule has 0 bridgehead atoms. The average Bonchev–Trinajstić information content (AvgIpc) is 2.76. The van der Waals surface area contributed by atoms with Gasteiger partial charge >= 0.3 is 6.36 Å². The molecular formula is C26H31F3N2O2. The molecule has 2 aromatic rings. The number of allylic oxidation sites excluding steroid dienone is 1. The summed E-state index contributed by atoms with van der Waals surface area (Å²) in [7, 11) is 1.98. The Balaban J connectivity index is 2.65. The molecule has 0 fully saturated rings. The Morgan fingerprint density at radius 1 is 1.21 bits per heavy atom. The van der Waals surface area contributed by atoms with Gasteiger partial charge in [0.15, 0.2) is 0 Å². The van der Waals surface area contributed by atoms with Crippen molar-refractivity contribution in [3.63, 3.8) is 0 Å². The molecule has 7 heteroatoms. The van der Waals surface area contributed by atoms with E-state index in [2.05, 4.69) is 48.5 Å². The van der Waals surface area contributed by atoms with Crippen LogP contribution in [0.15, 0.2) is 54.8 Å². The lowest BCUT2D eigenvalue weighted by Gasteiger charge is -2.27. The molecule has 2 rings (SSSR count). The van der Waals surface area contributed by atoms with E-state index in [-0.39, 0.29) is 11.7 Å². The molecule has 0 heterocycles. The average molecular weight is 461 g/mol. The fourth-order valence-electron chi connectivity index (χ4n) is 3.78. The summed E-state index contributed by atoms with van der Waals surface area (Å²) >= 11 is 0. The predicted octanol–water partition coefficient (Wildman–Crippen LogP) is 6.68. The van der Waals surface area contributed by atoms with Gasteiger partial charge in [-0.05, 0) is 78.8 Å². The summed E-state index contributed by atoms with van der Waals surface area (Å²) < 4.78 is 41.6. The zero-order valence-electron chi connectivity index (χ0n) is 19.8. The third-order valence-electron chi connectivity index (χ3n) is 5.47. The van der Waals surface area contributed by atoms with Gasteiger partial charge in [0.05, 0.1) is 0 Å². The number of benzene rings is 2. The molecule has 1 amide bonds. The Kier molecular flexibility index (Phi) is 8.74. The van der Waals surface area contributed by atoms with Crippen LogP contribution in [0.1, 0.15) is 43.9 Å². The van der Waals surface area contributed by atoms with E-state index < -0.39 is 6.36 Å². The highest BCUT2D eigenvalue weighted by molar-refractivity contribution is 5.87. The number of amides is 1. The highest BCUT2D eigenvalue weighted by atomic mass is 19.4. The molecule has 1 N–H and O–H groups in total. The van der Waals surface area contributed by atoms with Gasteiger partial charge in [-0.25, -0.2) is 0 Å². The van der Waals surface area contributed by atoms with E-state index in [0.29, 0.717) is 6.54 Å². The Bertz CT molecular complexity index is 1030. The molecule has 0 aliphatic rings. The summed E-state index contributed by atoms with van der Waals surface area (Å²) in [5.41, 5.74) is 6.89. The molecule has 4 nitrogen and oxygen atoms in total. The number of hydrogen-bond donors (Lipinski definition) is 1. The maximum atomic E-state index is 12.5. The van der Waals surface area contributed by atoms with E-state index >= 15 is 0 Å². The standard InChI is InChI=1S/C26H31F3N2O2/c1-7-17(4)16-31(6)25-18(5)23(14-20(22(25)8-2)15-30-24(32)9-3)19-10-12-21(13-11-19)33-26(27,28)29/h9-14,16H,3,7-8,15H2,1-2,4-6H3,(H,30,32)/b17-16+. The zero-order valence-corrected chi connectivity index (χ0v) is 19.8. The number of nitrogens with one attached hydrogen (secondary N) is 1. The van der Waals surface area contributed by atoms with Crippen molar-refractivity contribution in [3.8, 4) is 16.9 Å². The molecule has 0 aliphatic heterocycles. The van der Waals surface area contributed by atoms with E-state index in [1.54, 1.807) is 12.1 Å². The Hall–Kier alpha value is -3.22. The lowest BCUT2D eigenvalue weighted by atomic mass is 9.90. The van der Waals surface area contributed by atoms with Crippen molar-refractivity contribution in [2.75, 3.05) is 11.9 Å². The second kappa shape index (κ2) is 11.1. The molecule has 0 aliphatic carbocycles. The third-order valence-corrected chi connectivity index (χ3v) is 5.47. The van der Waals surface area contributed by atoms with E-state index in [4.69, 9.17) is 0 Å². The van der Waals surface area contributed by atoms with E-state index in [9.17, 15) is 18.0 Å². The minimum absolute atomic E-state index is 0.272. The van der Waals surface area contributed by atoms with Crippen LogP contribution in [-0.4, -0.2) is 19.3 Å². The predicted molar refractivity (Wildman–Crippen MR) is 127 cm³/mol. The second-order valence-electron chi connectivity index (χ2n) is 7.82. The van der Waals surface area contributed by atoms with Gasteiger partial charge in [-0.2, -0.15) is 0 Å². The fourth-order valence-corrected chi connectivity index (χ4v) is 3.78. The number of halogens is 3. The SMILES string of the molecule is C=CC(=O)NCc1cc(-c2ccc(OC(F)(F)F)cc2)c(C)c(N(C)/C=C(\C)CC)c1CC. The fraction of sp³-hybridized carbons (Fsp3) is 0.346. The summed E-state index contributed by atoms with van der Waals surface area (Å²) in [5, 5.41) is 2.84. The molecule has 0 spiro atoms. The van der Waals surface area contributed by atoms with Crippen molar-refractivity contribution >= 4 is 11.6 Å². The number of carbonyl (C=O) groups is 1. The van der Waals surface area contributed by atoms with Gasteiger partial charge in [0.1, 0.15) is 5.75 Å².